The number of rotatable bonds is 5. The van der Waals surface area contributed by atoms with Gasteiger partial charge in [0.2, 0.25) is 0 Å². The number of hydrogen-bond acceptors (Lipinski definition) is 5. The van der Waals surface area contributed by atoms with E-state index < -0.39 is 0 Å². The minimum absolute atomic E-state index is 0.154. The summed E-state index contributed by atoms with van der Waals surface area (Å²) < 4.78 is 0. The molecule has 0 spiro atoms. The van der Waals surface area contributed by atoms with E-state index in [1.54, 1.807) is 12.1 Å². The molecular formula is C19H19N3O2. The van der Waals surface area contributed by atoms with Crippen molar-refractivity contribution in [1.29, 1.82) is 0 Å². The van der Waals surface area contributed by atoms with Crippen LogP contribution in [0.2, 0.25) is 0 Å². The first-order valence-corrected chi connectivity index (χ1v) is 7.89. The average molecular weight is 321 g/mol. The normalized spacial score (nSPS) is 14.3. The van der Waals surface area contributed by atoms with Crippen molar-refractivity contribution >= 4 is 17.5 Å². The molecule has 0 bridgehead atoms. The number of nitrogens with zero attached hydrogens (tertiary/aromatic N) is 3. The predicted octanol–water partition coefficient (Wildman–Crippen LogP) is 3.22. The minimum atomic E-state index is -0.349. The van der Waals surface area contributed by atoms with Crippen molar-refractivity contribution in [2.45, 2.75) is 19.3 Å². The SMILES string of the molecule is CN(/N=C(\CCc1ccccc1)c1ccccc1)C1=NOC(=O)C1. The van der Waals surface area contributed by atoms with E-state index in [0.29, 0.717) is 5.84 Å². The molecule has 0 amide bonds. The molecule has 1 aliphatic heterocycles. The number of benzene rings is 2. The first kappa shape index (κ1) is 15.9. The lowest BCUT2D eigenvalue weighted by Crippen LogP contribution is -2.22. The Morgan fingerprint density at radius 1 is 1.12 bits per heavy atom. The zero-order chi connectivity index (χ0) is 16.8. The Morgan fingerprint density at radius 2 is 1.79 bits per heavy atom. The van der Waals surface area contributed by atoms with Gasteiger partial charge in [0.05, 0.1) is 5.71 Å². The molecule has 0 fully saturated rings. The van der Waals surface area contributed by atoms with Crippen LogP contribution in [0.25, 0.3) is 0 Å². The third kappa shape index (κ3) is 4.07. The number of hydrogen-bond donors (Lipinski definition) is 0. The molecule has 0 radical (unpaired) electrons. The van der Waals surface area contributed by atoms with Crippen molar-refractivity contribution in [3.63, 3.8) is 0 Å². The highest BCUT2D eigenvalue weighted by Crippen LogP contribution is 2.12. The zero-order valence-corrected chi connectivity index (χ0v) is 13.6. The molecule has 0 unspecified atom stereocenters. The first-order valence-electron chi connectivity index (χ1n) is 7.89. The maximum Gasteiger partial charge on any atom is 0.342 e. The molecule has 0 aromatic heterocycles. The summed E-state index contributed by atoms with van der Waals surface area (Å²) in [6.45, 7) is 0. The van der Waals surface area contributed by atoms with Crippen molar-refractivity contribution in [2.75, 3.05) is 7.05 Å². The van der Waals surface area contributed by atoms with Gasteiger partial charge in [0.15, 0.2) is 5.84 Å². The van der Waals surface area contributed by atoms with Gasteiger partial charge in [-0.15, -0.1) is 0 Å². The largest absolute Gasteiger partial charge is 0.342 e. The molecule has 1 heterocycles. The molecule has 0 N–H and O–H groups in total. The highest BCUT2D eigenvalue weighted by molar-refractivity contribution is 6.03. The quantitative estimate of drug-likeness (QED) is 0.483. The van der Waals surface area contributed by atoms with Gasteiger partial charge in [-0.3, -0.25) is 5.01 Å². The van der Waals surface area contributed by atoms with E-state index >= 15 is 0 Å². The van der Waals surface area contributed by atoms with Gasteiger partial charge in [-0.2, -0.15) is 5.10 Å². The van der Waals surface area contributed by atoms with E-state index in [1.165, 1.54) is 5.56 Å². The van der Waals surface area contributed by atoms with Crippen LogP contribution in [-0.2, 0) is 16.1 Å². The maximum absolute atomic E-state index is 11.2. The zero-order valence-electron chi connectivity index (χ0n) is 13.6. The molecule has 5 heteroatoms. The summed E-state index contributed by atoms with van der Waals surface area (Å²) >= 11 is 0. The third-order valence-corrected chi connectivity index (χ3v) is 3.80. The van der Waals surface area contributed by atoms with Crippen LogP contribution < -0.4 is 0 Å². The minimum Gasteiger partial charge on any atom is -0.316 e. The summed E-state index contributed by atoms with van der Waals surface area (Å²) in [5.41, 5.74) is 3.27. The van der Waals surface area contributed by atoms with Crippen LogP contribution in [0.5, 0.6) is 0 Å². The Bertz CT molecular complexity index is 755. The smallest absolute Gasteiger partial charge is 0.316 e. The predicted molar refractivity (Wildman–Crippen MR) is 93.6 cm³/mol. The van der Waals surface area contributed by atoms with Gasteiger partial charge in [0.1, 0.15) is 6.42 Å². The van der Waals surface area contributed by atoms with Crippen LogP contribution in [0.4, 0.5) is 0 Å². The second-order valence-corrected chi connectivity index (χ2v) is 5.57. The van der Waals surface area contributed by atoms with Gasteiger partial charge in [-0.05, 0) is 24.0 Å². The van der Waals surface area contributed by atoms with Crippen molar-refractivity contribution in [2.24, 2.45) is 10.3 Å². The van der Waals surface area contributed by atoms with Crippen molar-refractivity contribution in [3.05, 3.63) is 71.8 Å². The van der Waals surface area contributed by atoms with Crippen molar-refractivity contribution in [3.8, 4) is 0 Å². The highest BCUT2D eigenvalue weighted by atomic mass is 16.7. The molecule has 24 heavy (non-hydrogen) atoms. The van der Waals surface area contributed by atoms with Gasteiger partial charge in [-0.1, -0.05) is 65.8 Å². The van der Waals surface area contributed by atoms with Gasteiger partial charge in [-0.25, -0.2) is 4.79 Å². The van der Waals surface area contributed by atoms with Gasteiger partial charge in [0.25, 0.3) is 0 Å². The van der Waals surface area contributed by atoms with Gasteiger partial charge in [0, 0.05) is 7.05 Å². The third-order valence-electron chi connectivity index (χ3n) is 3.80. The average Bonchev–Trinajstić information content (AvgIpc) is 3.06. The van der Waals surface area contributed by atoms with E-state index in [-0.39, 0.29) is 12.4 Å². The van der Waals surface area contributed by atoms with Crippen LogP contribution in [-0.4, -0.2) is 29.6 Å². The summed E-state index contributed by atoms with van der Waals surface area (Å²) in [5.74, 6) is 0.172. The molecule has 0 atom stereocenters. The second-order valence-electron chi connectivity index (χ2n) is 5.57. The van der Waals surface area contributed by atoms with Crippen LogP contribution in [0, 0.1) is 0 Å². The number of carbonyl (C=O) groups is 1. The van der Waals surface area contributed by atoms with E-state index in [4.69, 9.17) is 0 Å². The van der Waals surface area contributed by atoms with E-state index in [2.05, 4.69) is 27.2 Å². The molecular weight excluding hydrogens is 302 g/mol. The summed E-state index contributed by atoms with van der Waals surface area (Å²) in [4.78, 5) is 15.9. The maximum atomic E-state index is 11.2. The fourth-order valence-corrected chi connectivity index (χ4v) is 2.50. The lowest BCUT2D eigenvalue weighted by molar-refractivity contribution is -0.140. The fraction of sp³-hybridized carbons (Fsp3) is 0.211. The van der Waals surface area contributed by atoms with Gasteiger partial charge < -0.3 is 4.84 Å². The summed E-state index contributed by atoms with van der Waals surface area (Å²) in [5, 5.41) is 10.1. The number of amidine groups is 1. The Labute approximate surface area is 141 Å². The highest BCUT2D eigenvalue weighted by Gasteiger charge is 2.21. The fourth-order valence-electron chi connectivity index (χ4n) is 2.50. The molecule has 0 saturated carbocycles. The van der Waals surface area contributed by atoms with E-state index in [1.807, 2.05) is 48.5 Å². The molecule has 2 aromatic carbocycles. The molecule has 0 saturated heterocycles. The van der Waals surface area contributed by atoms with Crippen molar-refractivity contribution in [1.82, 2.24) is 5.01 Å². The second kappa shape index (κ2) is 7.55. The summed E-state index contributed by atoms with van der Waals surface area (Å²) in [6, 6.07) is 20.4. The topological polar surface area (TPSA) is 54.3 Å². The monoisotopic (exact) mass is 321 g/mol. The van der Waals surface area contributed by atoms with Crippen LogP contribution >= 0.6 is 0 Å². The number of carbonyl (C=O) groups excluding carboxylic acids is 1. The van der Waals surface area contributed by atoms with E-state index in [9.17, 15) is 4.79 Å². The number of aryl methyl sites for hydroxylation is 1. The standard InChI is InChI=1S/C19H19N3O2/c1-22(18-14-19(23)24-21-18)20-17(16-10-6-3-7-11-16)13-12-15-8-4-2-5-9-15/h2-11H,12-14H2,1H3/b20-17+. The van der Waals surface area contributed by atoms with Crippen LogP contribution in [0.15, 0.2) is 70.9 Å². The Hall–Kier alpha value is -2.95. The van der Waals surface area contributed by atoms with Crippen LogP contribution in [0.1, 0.15) is 24.0 Å². The van der Waals surface area contributed by atoms with Crippen molar-refractivity contribution < 1.29 is 9.63 Å². The van der Waals surface area contributed by atoms with Gasteiger partial charge >= 0.3 is 5.97 Å². The first-order chi connectivity index (χ1) is 11.7. The number of oxime groups is 1. The Morgan fingerprint density at radius 3 is 2.42 bits per heavy atom. The molecule has 0 aliphatic carbocycles. The molecule has 122 valence electrons. The lowest BCUT2D eigenvalue weighted by atomic mass is 10.0. The number of hydrazone groups is 1. The summed E-state index contributed by atoms with van der Waals surface area (Å²) in [7, 11) is 1.78. The molecule has 2 aromatic rings. The molecule has 1 aliphatic rings. The van der Waals surface area contributed by atoms with Crippen LogP contribution in [0.3, 0.4) is 0 Å². The Balaban J connectivity index is 1.79. The molecule has 3 rings (SSSR count). The lowest BCUT2D eigenvalue weighted by Gasteiger charge is -2.14. The Kier molecular flexibility index (Phi) is 5.01. The summed E-state index contributed by atoms with van der Waals surface area (Å²) in [6.07, 6.45) is 1.84. The van der Waals surface area contributed by atoms with E-state index in [0.717, 1.165) is 24.1 Å². The molecule has 5 nitrogen and oxygen atoms in total.